The van der Waals surface area contributed by atoms with Gasteiger partial charge in [-0.3, -0.25) is 9.55 Å². The first-order chi connectivity index (χ1) is 28.5. The van der Waals surface area contributed by atoms with Gasteiger partial charge in [-0.1, -0.05) is 145 Å². The zero-order valence-electron chi connectivity index (χ0n) is 37.1. The second-order valence-electron chi connectivity index (χ2n) is 17.7. The van der Waals surface area contributed by atoms with Gasteiger partial charge in [-0.05, 0) is 107 Å². The Hall–Kier alpha value is -5.57. The van der Waals surface area contributed by atoms with Crippen LogP contribution in [-0.2, 0) is 32.9 Å². The van der Waals surface area contributed by atoms with E-state index in [0.29, 0.717) is 17.3 Å². The fourth-order valence-corrected chi connectivity index (χ4v) is 8.14. The van der Waals surface area contributed by atoms with Crippen molar-refractivity contribution in [3.63, 3.8) is 0 Å². The Kier molecular flexibility index (Phi) is 11.8. The van der Waals surface area contributed by atoms with Crippen molar-refractivity contribution in [1.82, 2.24) is 14.5 Å². The Morgan fingerprint density at radius 2 is 1.45 bits per heavy atom. The van der Waals surface area contributed by atoms with Gasteiger partial charge in [0, 0.05) is 39.9 Å². The number of aromatic nitrogens is 3. The van der Waals surface area contributed by atoms with Crippen LogP contribution in [-0.4, -0.2) is 19.6 Å². The van der Waals surface area contributed by atoms with Crippen molar-refractivity contribution in [2.24, 2.45) is 5.92 Å². The third kappa shape index (κ3) is 8.54. The van der Waals surface area contributed by atoms with E-state index in [9.17, 15) is 5.11 Å². The topological polar surface area (TPSA) is 50.9 Å². The number of para-hydroxylation sites is 1. The molecule has 0 aliphatic rings. The molecule has 0 fully saturated rings. The van der Waals surface area contributed by atoms with E-state index < -0.39 is 5.89 Å². The summed E-state index contributed by atoms with van der Waals surface area (Å²) in [5.41, 5.74) is 16.5. The summed E-state index contributed by atoms with van der Waals surface area (Å²) in [4.78, 5) is 10.4. The second-order valence-corrected chi connectivity index (χ2v) is 17.7. The fourth-order valence-electron chi connectivity index (χ4n) is 8.14. The molecule has 0 saturated carbocycles. The van der Waals surface area contributed by atoms with Crippen molar-refractivity contribution >= 4 is 11.0 Å². The molecule has 2 heterocycles. The van der Waals surface area contributed by atoms with E-state index in [0.717, 1.165) is 90.0 Å². The zero-order valence-corrected chi connectivity index (χ0v) is 38.4. The van der Waals surface area contributed by atoms with Gasteiger partial charge in [0.2, 0.25) is 0 Å². The number of phenolic OH excluding ortho intramolecular Hbond substituents is 1. The number of benzene rings is 6. The molecule has 5 heteroatoms. The van der Waals surface area contributed by atoms with Crippen LogP contribution in [0.4, 0.5) is 0 Å². The molecule has 8 aromatic rings. The molecule has 0 bridgehead atoms. The smallest absolute Gasteiger partial charge is 0.148 e. The number of rotatable bonds is 9. The molecule has 306 valence electrons. The van der Waals surface area contributed by atoms with Crippen LogP contribution in [0.15, 0.2) is 134 Å². The Morgan fingerprint density at radius 3 is 2.15 bits per heavy atom. The van der Waals surface area contributed by atoms with Crippen LogP contribution in [0.3, 0.4) is 0 Å². The van der Waals surface area contributed by atoms with E-state index in [4.69, 9.17) is 11.3 Å². The van der Waals surface area contributed by atoms with E-state index in [-0.39, 0.29) is 32.2 Å². The minimum Gasteiger partial charge on any atom is -0.507 e. The fraction of sp³-hybridized carbons (Fsp3) is 0.236. The predicted molar refractivity (Wildman–Crippen MR) is 247 cm³/mol. The average Bonchev–Trinajstić information content (AvgIpc) is 3.61. The third-order valence-electron chi connectivity index (χ3n) is 11.3. The van der Waals surface area contributed by atoms with Crippen molar-refractivity contribution < 1.29 is 27.5 Å². The Balaban J connectivity index is 0.00000561. The molecule has 4 nitrogen and oxygen atoms in total. The molecule has 1 N–H and O–H groups in total. The number of hydrogen-bond acceptors (Lipinski definition) is 3. The molecule has 0 aliphatic heterocycles. The first-order valence-electron chi connectivity index (χ1n) is 21.2. The van der Waals surface area contributed by atoms with Crippen LogP contribution in [0.2, 0.25) is 0 Å². The normalized spacial score (nSPS) is 12.1. The van der Waals surface area contributed by atoms with E-state index in [1.807, 2.05) is 57.3 Å². The summed E-state index contributed by atoms with van der Waals surface area (Å²) in [6, 6.07) is 48.5. The van der Waals surface area contributed by atoms with E-state index >= 15 is 0 Å². The minimum atomic E-state index is -0.665. The number of hydrogen-bond donors (Lipinski definition) is 1. The molecule has 0 unspecified atom stereocenters. The molecule has 0 saturated heterocycles. The molecule has 0 atom stereocenters. The second kappa shape index (κ2) is 17.2. The number of nitrogens with zero attached hydrogens (tertiary/aromatic N) is 3. The minimum absolute atomic E-state index is 0. The van der Waals surface area contributed by atoms with Gasteiger partial charge in [-0.25, -0.2) is 4.98 Å². The summed E-state index contributed by atoms with van der Waals surface area (Å²) in [7, 11) is 0. The number of aryl methyl sites for hydroxylation is 2. The van der Waals surface area contributed by atoms with Crippen LogP contribution in [0.5, 0.6) is 5.75 Å². The van der Waals surface area contributed by atoms with Crippen LogP contribution in [0.1, 0.15) is 83.5 Å². The first-order valence-corrected chi connectivity index (χ1v) is 20.7. The van der Waals surface area contributed by atoms with Crippen LogP contribution in [0.25, 0.3) is 72.7 Å². The quantitative estimate of drug-likeness (QED) is 0.147. The summed E-state index contributed by atoms with van der Waals surface area (Å²) in [6.07, 6.45) is 2.84. The Bertz CT molecular complexity index is 2860. The van der Waals surface area contributed by atoms with Crippen molar-refractivity contribution in [3.8, 4) is 67.5 Å². The van der Waals surface area contributed by atoms with E-state index in [1.165, 1.54) is 5.56 Å². The van der Waals surface area contributed by atoms with Crippen molar-refractivity contribution in [2.45, 2.75) is 80.0 Å². The van der Waals surface area contributed by atoms with E-state index in [2.05, 4.69) is 149 Å². The van der Waals surface area contributed by atoms with Gasteiger partial charge in [-0.2, -0.15) is 0 Å². The molecule has 8 rings (SSSR count). The largest absolute Gasteiger partial charge is 0.507 e. The number of phenols is 1. The van der Waals surface area contributed by atoms with Gasteiger partial charge in [-0.15, -0.1) is 29.3 Å². The molecule has 2 aromatic heterocycles. The summed E-state index contributed by atoms with van der Waals surface area (Å²) in [5.74, 6) is 0.748. The van der Waals surface area contributed by atoms with Gasteiger partial charge in [0.1, 0.15) is 11.6 Å². The zero-order chi connectivity index (χ0) is 42.5. The number of aromatic hydroxyl groups is 1. The summed E-state index contributed by atoms with van der Waals surface area (Å²) < 4.78 is 10.7. The first kappa shape index (κ1) is 41.2. The summed E-state index contributed by atoms with van der Waals surface area (Å²) in [6.45, 7) is 19.1. The Labute approximate surface area is 372 Å². The predicted octanol–water partition coefficient (Wildman–Crippen LogP) is 14.5. The third-order valence-corrected chi connectivity index (χ3v) is 11.3. The molecule has 0 amide bonds. The Morgan fingerprint density at radius 1 is 0.717 bits per heavy atom. The summed E-state index contributed by atoms with van der Waals surface area (Å²) in [5, 5.41) is 11.8. The average molecular weight is 969 g/mol. The van der Waals surface area contributed by atoms with Crippen molar-refractivity contribution in [2.75, 3.05) is 0 Å². The molecule has 6 aromatic carbocycles. The summed E-state index contributed by atoms with van der Waals surface area (Å²) >= 11 is 0. The van der Waals surface area contributed by atoms with Gasteiger partial charge in [0.05, 0.1) is 22.3 Å². The van der Waals surface area contributed by atoms with Crippen molar-refractivity contribution in [3.05, 3.63) is 167 Å². The molecule has 0 spiro atoms. The maximum atomic E-state index is 11.8. The standard InChI is InChI=1S/C55H54N3O.Pt/c1-34(2)26-38-18-23-50(47(29-38)41-14-11-10-12-15-41)58-51-17-13-16-46(52(51)57-54(58)48-28-36(5)27-37(6)53(48)59)43-30-44(32-45(31-43)55(7,8)9)49-33-42(24-25-56-49)40-21-19-39(20-22-40)35(3)4;/h10-25,27-29,31-35,59H,26H2,1-9H3;/q-1;/i35D;. The van der Waals surface area contributed by atoms with Crippen molar-refractivity contribution in [1.29, 1.82) is 0 Å². The maximum absolute atomic E-state index is 11.8. The molecule has 0 aliphatic carbocycles. The van der Waals surface area contributed by atoms with Gasteiger partial charge < -0.3 is 5.11 Å². The molecular weight excluding hydrogens is 914 g/mol. The SMILES string of the molecule is [2H]C(C)(C)c1ccc(-c2ccnc(-c3[c-]c(-c4cccc5c4nc(-c4cc(C)cc(C)c4O)n5-c4ccc(CC(C)C)cc4-c4ccccc4)cc(C(C)(C)C)c3)c2)cc1.[Pt]. The van der Waals surface area contributed by atoms with Gasteiger partial charge >= 0.3 is 0 Å². The maximum Gasteiger partial charge on any atom is 0.148 e. The number of fused-ring (bicyclic) bond motifs is 1. The number of pyridine rings is 1. The molecule has 0 radical (unpaired) electrons. The molecule has 60 heavy (non-hydrogen) atoms. The van der Waals surface area contributed by atoms with Crippen LogP contribution < -0.4 is 0 Å². The van der Waals surface area contributed by atoms with Crippen LogP contribution >= 0.6 is 0 Å². The molecular formula is C55H54N3OPt-. The van der Waals surface area contributed by atoms with Gasteiger partial charge in [0.15, 0.2) is 0 Å². The van der Waals surface area contributed by atoms with Gasteiger partial charge in [0.25, 0.3) is 0 Å². The van der Waals surface area contributed by atoms with Crippen LogP contribution in [0, 0.1) is 25.8 Å². The monoisotopic (exact) mass is 968 g/mol. The number of imidazole rings is 1. The van der Waals surface area contributed by atoms with E-state index in [1.54, 1.807) is 0 Å².